The maximum atomic E-state index is 9.69. The van der Waals surface area contributed by atoms with Crippen molar-refractivity contribution in [1.82, 2.24) is 4.98 Å². The maximum Gasteiger partial charge on any atom is 0.237 e. The lowest BCUT2D eigenvalue weighted by Crippen LogP contribution is -2.04. The smallest absolute Gasteiger partial charge is 0.237 e. The number of aromatic nitrogens is 1. The average Bonchev–Trinajstić information content (AvgIpc) is 2.50. The van der Waals surface area contributed by atoms with E-state index in [-0.39, 0.29) is 5.75 Å². The van der Waals surface area contributed by atoms with E-state index >= 15 is 0 Å². The fourth-order valence-corrected chi connectivity index (χ4v) is 1.91. The molecule has 0 saturated carbocycles. The van der Waals surface area contributed by atoms with E-state index in [0.717, 1.165) is 11.3 Å². The van der Waals surface area contributed by atoms with Crippen LogP contribution in [0.2, 0.25) is 0 Å². The topological polar surface area (TPSA) is 63.6 Å². The van der Waals surface area contributed by atoms with Crippen LogP contribution >= 0.6 is 0 Å². The molecule has 0 saturated heterocycles. The summed E-state index contributed by atoms with van der Waals surface area (Å²) in [4.78, 5) is 4.19. The van der Waals surface area contributed by atoms with Gasteiger partial charge in [-0.15, -0.1) is 0 Å². The Morgan fingerprint density at radius 1 is 1.14 bits per heavy atom. The maximum absolute atomic E-state index is 9.69. The first-order valence-electron chi connectivity index (χ1n) is 7.01. The second kappa shape index (κ2) is 7.38. The minimum absolute atomic E-state index is 0.150. The molecule has 2 rings (SSSR count). The molecular formula is C16H20N2O3. The molecule has 1 aromatic carbocycles. The number of anilines is 1. The number of aromatic hydroxyl groups is 1. The van der Waals surface area contributed by atoms with Crippen LogP contribution in [0.3, 0.4) is 0 Å². The van der Waals surface area contributed by atoms with E-state index in [1.807, 2.05) is 38.1 Å². The quantitative estimate of drug-likeness (QED) is 0.819. The fraction of sp³-hybridized carbons (Fsp3) is 0.312. The van der Waals surface area contributed by atoms with Gasteiger partial charge in [0.1, 0.15) is 0 Å². The molecule has 0 aliphatic carbocycles. The van der Waals surface area contributed by atoms with Gasteiger partial charge in [-0.3, -0.25) is 0 Å². The van der Waals surface area contributed by atoms with Gasteiger partial charge >= 0.3 is 0 Å². The number of pyridine rings is 1. The van der Waals surface area contributed by atoms with Crippen LogP contribution in [0.15, 0.2) is 36.5 Å². The predicted molar refractivity (Wildman–Crippen MR) is 82.0 cm³/mol. The van der Waals surface area contributed by atoms with E-state index in [1.165, 1.54) is 0 Å². The van der Waals surface area contributed by atoms with Crippen molar-refractivity contribution in [3.8, 4) is 17.4 Å². The summed E-state index contributed by atoms with van der Waals surface area (Å²) in [7, 11) is 0. The van der Waals surface area contributed by atoms with Gasteiger partial charge < -0.3 is 19.9 Å². The average molecular weight is 288 g/mol. The zero-order valence-electron chi connectivity index (χ0n) is 12.3. The van der Waals surface area contributed by atoms with Crippen molar-refractivity contribution in [3.63, 3.8) is 0 Å². The molecule has 0 amide bonds. The summed E-state index contributed by atoms with van der Waals surface area (Å²) in [5.74, 6) is 1.23. The summed E-state index contributed by atoms with van der Waals surface area (Å²) in [5, 5.41) is 13.0. The fourth-order valence-electron chi connectivity index (χ4n) is 1.91. The van der Waals surface area contributed by atoms with Crippen molar-refractivity contribution in [3.05, 3.63) is 42.1 Å². The minimum atomic E-state index is 0.150. The van der Waals surface area contributed by atoms with Crippen LogP contribution in [0.1, 0.15) is 19.4 Å². The number of nitrogens with one attached hydrogen (secondary N) is 1. The van der Waals surface area contributed by atoms with Crippen LogP contribution in [0.4, 0.5) is 5.69 Å². The van der Waals surface area contributed by atoms with Gasteiger partial charge in [-0.05, 0) is 43.7 Å². The number of phenols is 1. The van der Waals surface area contributed by atoms with E-state index in [4.69, 9.17) is 9.47 Å². The molecule has 0 atom stereocenters. The lowest BCUT2D eigenvalue weighted by molar-refractivity contribution is 0.318. The van der Waals surface area contributed by atoms with Crippen molar-refractivity contribution >= 4 is 5.69 Å². The number of benzene rings is 1. The van der Waals surface area contributed by atoms with Crippen molar-refractivity contribution in [2.75, 3.05) is 18.5 Å². The molecule has 0 aliphatic rings. The van der Waals surface area contributed by atoms with Crippen molar-refractivity contribution in [1.29, 1.82) is 0 Å². The number of nitrogens with zero attached hydrogens (tertiary/aromatic N) is 1. The molecule has 112 valence electrons. The third kappa shape index (κ3) is 4.02. The molecular weight excluding hydrogens is 268 g/mol. The van der Waals surface area contributed by atoms with Crippen LogP contribution in [0.5, 0.6) is 17.4 Å². The summed E-state index contributed by atoms with van der Waals surface area (Å²) in [6, 6.07) is 9.08. The van der Waals surface area contributed by atoms with Gasteiger partial charge in [-0.1, -0.05) is 6.07 Å². The van der Waals surface area contributed by atoms with Crippen LogP contribution in [-0.2, 0) is 6.54 Å². The molecule has 21 heavy (non-hydrogen) atoms. The molecule has 5 nitrogen and oxygen atoms in total. The molecule has 1 heterocycles. The summed E-state index contributed by atoms with van der Waals surface area (Å²) >= 11 is 0. The van der Waals surface area contributed by atoms with Gasteiger partial charge in [-0.2, -0.15) is 0 Å². The number of hydrogen-bond donors (Lipinski definition) is 2. The Morgan fingerprint density at radius 3 is 2.71 bits per heavy atom. The summed E-state index contributed by atoms with van der Waals surface area (Å²) < 4.78 is 10.8. The summed E-state index contributed by atoms with van der Waals surface area (Å²) in [5.41, 5.74) is 1.84. The number of rotatable bonds is 7. The first kappa shape index (κ1) is 15.0. The lowest BCUT2D eigenvalue weighted by atomic mass is 10.2. The van der Waals surface area contributed by atoms with Gasteiger partial charge in [0.2, 0.25) is 5.88 Å². The second-order valence-corrected chi connectivity index (χ2v) is 4.38. The lowest BCUT2D eigenvalue weighted by Gasteiger charge is -2.12. The Labute approximate surface area is 124 Å². The molecule has 1 aromatic heterocycles. The van der Waals surface area contributed by atoms with Gasteiger partial charge in [0.05, 0.1) is 18.9 Å². The molecule has 0 fully saturated rings. The Kier molecular flexibility index (Phi) is 5.26. The van der Waals surface area contributed by atoms with Crippen LogP contribution < -0.4 is 14.8 Å². The van der Waals surface area contributed by atoms with Crippen molar-refractivity contribution < 1.29 is 14.6 Å². The first-order chi connectivity index (χ1) is 10.2. The largest absolute Gasteiger partial charge is 0.504 e. The number of phenolic OH excluding ortho intramolecular Hbond substituents is 1. The molecule has 2 aromatic rings. The SMILES string of the molecule is CCOc1cc(CNc2cccnc2OCC)ccc1O. The summed E-state index contributed by atoms with van der Waals surface area (Å²) in [6.07, 6.45) is 1.70. The normalized spacial score (nSPS) is 10.2. The zero-order chi connectivity index (χ0) is 15.1. The number of hydrogen-bond acceptors (Lipinski definition) is 5. The highest BCUT2D eigenvalue weighted by Crippen LogP contribution is 2.28. The predicted octanol–water partition coefficient (Wildman–Crippen LogP) is 3.20. The molecule has 5 heteroatoms. The monoisotopic (exact) mass is 288 g/mol. The third-order valence-electron chi connectivity index (χ3n) is 2.86. The first-order valence-corrected chi connectivity index (χ1v) is 7.01. The van der Waals surface area contributed by atoms with Crippen LogP contribution in [0, 0.1) is 0 Å². The molecule has 0 aliphatic heterocycles. The number of ether oxygens (including phenoxy) is 2. The highest BCUT2D eigenvalue weighted by atomic mass is 16.5. The Hall–Kier alpha value is -2.43. The molecule has 0 bridgehead atoms. The molecule has 2 N–H and O–H groups in total. The van der Waals surface area contributed by atoms with E-state index in [9.17, 15) is 5.11 Å². The van der Waals surface area contributed by atoms with Gasteiger partial charge in [0, 0.05) is 12.7 Å². The summed E-state index contributed by atoms with van der Waals surface area (Å²) in [6.45, 7) is 5.48. The molecule has 0 spiro atoms. The van der Waals surface area contributed by atoms with E-state index in [2.05, 4.69) is 10.3 Å². The Bertz CT molecular complexity index is 587. The minimum Gasteiger partial charge on any atom is -0.504 e. The zero-order valence-corrected chi connectivity index (χ0v) is 12.3. The molecule has 0 unspecified atom stereocenters. The van der Waals surface area contributed by atoms with E-state index in [1.54, 1.807) is 12.3 Å². The van der Waals surface area contributed by atoms with Crippen LogP contribution in [0.25, 0.3) is 0 Å². The van der Waals surface area contributed by atoms with E-state index in [0.29, 0.717) is 31.4 Å². The van der Waals surface area contributed by atoms with Crippen molar-refractivity contribution in [2.45, 2.75) is 20.4 Å². The van der Waals surface area contributed by atoms with Gasteiger partial charge in [0.25, 0.3) is 0 Å². The second-order valence-electron chi connectivity index (χ2n) is 4.38. The third-order valence-corrected chi connectivity index (χ3v) is 2.86. The highest BCUT2D eigenvalue weighted by Gasteiger charge is 2.06. The Morgan fingerprint density at radius 2 is 1.95 bits per heavy atom. The standard InChI is InChI=1S/C16H20N2O3/c1-3-20-15-10-12(7-8-14(15)19)11-18-13-6-5-9-17-16(13)21-4-2/h5-10,18-19H,3-4,11H2,1-2H3. The van der Waals surface area contributed by atoms with E-state index < -0.39 is 0 Å². The van der Waals surface area contributed by atoms with Gasteiger partial charge in [-0.25, -0.2) is 4.98 Å². The highest BCUT2D eigenvalue weighted by molar-refractivity contribution is 5.53. The Balaban J connectivity index is 2.08. The molecule has 0 radical (unpaired) electrons. The van der Waals surface area contributed by atoms with Crippen LogP contribution in [-0.4, -0.2) is 23.3 Å². The van der Waals surface area contributed by atoms with Gasteiger partial charge in [0.15, 0.2) is 11.5 Å². The van der Waals surface area contributed by atoms with Crippen molar-refractivity contribution in [2.24, 2.45) is 0 Å².